The predicted octanol–water partition coefficient (Wildman–Crippen LogP) is 5.10. The lowest BCUT2D eigenvalue weighted by molar-refractivity contribution is 0.474. The third-order valence-corrected chi connectivity index (χ3v) is 5.74. The van der Waals surface area contributed by atoms with Crippen molar-refractivity contribution in [3.05, 3.63) is 81.8 Å². The van der Waals surface area contributed by atoms with Crippen molar-refractivity contribution in [2.45, 2.75) is 6.42 Å². The Balaban J connectivity index is 1.41. The lowest BCUT2D eigenvalue weighted by Gasteiger charge is -1.95. The molecule has 2 aromatic heterocycles. The van der Waals surface area contributed by atoms with Crippen LogP contribution in [0.15, 0.2) is 70.9 Å². The predicted molar refractivity (Wildman–Crippen MR) is 118 cm³/mol. The highest BCUT2D eigenvalue weighted by molar-refractivity contribution is 7.16. The second-order valence-electron chi connectivity index (χ2n) is 6.03. The second kappa shape index (κ2) is 8.76. The van der Waals surface area contributed by atoms with Gasteiger partial charge in [-0.1, -0.05) is 46.9 Å². The first-order chi connectivity index (χ1) is 14.2. The highest BCUT2D eigenvalue weighted by Gasteiger charge is 2.06. The Morgan fingerprint density at radius 2 is 1.17 bits per heavy atom. The van der Waals surface area contributed by atoms with Gasteiger partial charge in [-0.2, -0.15) is 0 Å². The van der Waals surface area contributed by atoms with Crippen LogP contribution < -0.4 is 0 Å². The molecule has 0 amide bonds. The van der Waals surface area contributed by atoms with Gasteiger partial charge < -0.3 is 10.2 Å². The van der Waals surface area contributed by atoms with Gasteiger partial charge in [0, 0.05) is 52.1 Å². The molecule has 2 aromatic carbocycles. The van der Waals surface area contributed by atoms with Crippen LogP contribution in [0.25, 0.3) is 0 Å². The number of nitrogens with zero attached hydrogens (tertiary/aromatic N) is 4. The highest BCUT2D eigenvalue weighted by Crippen LogP contribution is 2.28. The summed E-state index contributed by atoms with van der Waals surface area (Å²) in [5, 5.41) is 20.8. The number of thiazole rings is 2. The standard InChI is InChI=1S/C21H16N4O2S2/c26-18-7-3-1-5-14(18)10-22-20-24-12-16(28-20)9-17-13-25-21(29-17)23-11-15-6-2-4-8-19(15)27/h1-8,10-13,26-27H,9H2/b22-10+,23-11+. The van der Waals surface area contributed by atoms with Crippen molar-refractivity contribution in [2.75, 3.05) is 0 Å². The number of aromatic nitrogens is 2. The van der Waals surface area contributed by atoms with Gasteiger partial charge in [-0.05, 0) is 24.3 Å². The van der Waals surface area contributed by atoms with E-state index in [1.165, 1.54) is 22.7 Å². The van der Waals surface area contributed by atoms with Crippen molar-refractivity contribution in [1.82, 2.24) is 9.97 Å². The highest BCUT2D eigenvalue weighted by atomic mass is 32.1. The molecular formula is C21H16N4O2S2. The smallest absolute Gasteiger partial charge is 0.209 e. The first kappa shape index (κ1) is 19.0. The third kappa shape index (κ3) is 4.92. The maximum atomic E-state index is 9.78. The van der Waals surface area contributed by atoms with Crippen LogP contribution in [0.3, 0.4) is 0 Å². The minimum Gasteiger partial charge on any atom is -0.507 e. The summed E-state index contributed by atoms with van der Waals surface area (Å²) in [6, 6.07) is 14.1. The number of aromatic hydroxyl groups is 2. The van der Waals surface area contributed by atoms with E-state index in [1.54, 1.807) is 61.2 Å². The molecule has 144 valence electrons. The number of rotatable bonds is 6. The summed E-state index contributed by atoms with van der Waals surface area (Å²) in [5.41, 5.74) is 1.30. The molecule has 8 heteroatoms. The van der Waals surface area contributed by atoms with Gasteiger partial charge in [0.05, 0.1) is 0 Å². The zero-order chi connectivity index (χ0) is 20.1. The van der Waals surface area contributed by atoms with Crippen LogP contribution in [0, 0.1) is 0 Å². The van der Waals surface area contributed by atoms with Gasteiger partial charge in [-0.25, -0.2) is 20.0 Å². The molecule has 0 aliphatic carbocycles. The lowest BCUT2D eigenvalue weighted by atomic mass is 10.2. The van der Waals surface area contributed by atoms with Gasteiger partial charge in [0.1, 0.15) is 11.5 Å². The van der Waals surface area contributed by atoms with Crippen LogP contribution in [-0.2, 0) is 6.42 Å². The van der Waals surface area contributed by atoms with Crippen LogP contribution in [-0.4, -0.2) is 32.6 Å². The summed E-state index contributed by atoms with van der Waals surface area (Å²) >= 11 is 2.98. The molecule has 4 aromatic rings. The molecule has 0 radical (unpaired) electrons. The number of hydrogen-bond donors (Lipinski definition) is 2. The molecule has 0 unspecified atom stereocenters. The van der Waals surface area contributed by atoms with E-state index in [2.05, 4.69) is 20.0 Å². The van der Waals surface area contributed by atoms with Crippen LogP contribution in [0.5, 0.6) is 11.5 Å². The molecular weight excluding hydrogens is 404 g/mol. The summed E-state index contributed by atoms with van der Waals surface area (Å²) < 4.78 is 0. The van der Waals surface area contributed by atoms with Crippen LogP contribution in [0.1, 0.15) is 20.9 Å². The van der Waals surface area contributed by atoms with E-state index >= 15 is 0 Å². The van der Waals surface area contributed by atoms with Gasteiger partial charge in [0.2, 0.25) is 10.3 Å². The van der Waals surface area contributed by atoms with Crippen LogP contribution in [0.4, 0.5) is 10.3 Å². The Kier molecular flexibility index (Phi) is 5.73. The number of phenols is 2. The Bertz CT molecular complexity index is 1090. The van der Waals surface area contributed by atoms with Gasteiger partial charge in [-0.15, -0.1) is 0 Å². The normalized spacial score (nSPS) is 11.6. The molecule has 0 fully saturated rings. The third-order valence-electron chi connectivity index (χ3n) is 3.93. The summed E-state index contributed by atoms with van der Waals surface area (Å²) in [6.45, 7) is 0. The molecule has 0 aliphatic heterocycles. The Morgan fingerprint density at radius 1 is 0.724 bits per heavy atom. The average molecular weight is 421 g/mol. The van der Waals surface area contributed by atoms with Gasteiger partial charge in [0.25, 0.3) is 0 Å². The molecule has 4 rings (SSSR count). The minimum absolute atomic E-state index is 0.189. The Hall–Kier alpha value is -3.36. The van der Waals surface area contributed by atoms with Gasteiger partial charge in [0.15, 0.2) is 0 Å². The summed E-state index contributed by atoms with van der Waals surface area (Å²) in [5.74, 6) is 0.379. The monoisotopic (exact) mass is 420 g/mol. The summed E-state index contributed by atoms with van der Waals surface area (Å²) in [6.07, 6.45) is 7.51. The maximum absolute atomic E-state index is 9.78. The van der Waals surface area contributed by atoms with Crippen molar-refractivity contribution in [2.24, 2.45) is 9.98 Å². The van der Waals surface area contributed by atoms with Gasteiger partial charge in [-0.3, -0.25) is 0 Å². The maximum Gasteiger partial charge on any atom is 0.209 e. The molecule has 0 spiro atoms. The number of phenolic OH excluding ortho intramolecular Hbond substituents is 2. The molecule has 0 saturated carbocycles. The number of aliphatic imine (C=N–C) groups is 2. The van der Waals surface area contributed by atoms with E-state index in [9.17, 15) is 10.2 Å². The fraction of sp³-hybridized carbons (Fsp3) is 0.0476. The molecule has 29 heavy (non-hydrogen) atoms. The fourth-order valence-electron chi connectivity index (χ4n) is 2.49. The fourth-order valence-corrected chi connectivity index (χ4v) is 4.14. The summed E-state index contributed by atoms with van der Waals surface area (Å²) in [4.78, 5) is 19.4. The molecule has 2 N–H and O–H groups in total. The SMILES string of the molecule is Oc1ccccc1/C=N/c1ncc(Cc2cnc(/N=C/c3ccccc3O)s2)s1. The topological polar surface area (TPSA) is 91.0 Å². The number of para-hydroxylation sites is 2. The van der Waals surface area contributed by atoms with Crippen molar-refractivity contribution < 1.29 is 10.2 Å². The molecule has 0 aliphatic rings. The number of hydrogen-bond acceptors (Lipinski definition) is 8. The Morgan fingerprint density at radius 3 is 1.62 bits per heavy atom. The zero-order valence-corrected chi connectivity index (χ0v) is 16.8. The van der Waals surface area contributed by atoms with Crippen molar-refractivity contribution in [3.63, 3.8) is 0 Å². The first-order valence-corrected chi connectivity index (χ1v) is 10.3. The van der Waals surface area contributed by atoms with Crippen molar-refractivity contribution >= 4 is 45.4 Å². The van der Waals surface area contributed by atoms with E-state index in [4.69, 9.17) is 0 Å². The molecule has 0 bridgehead atoms. The largest absolute Gasteiger partial charge is 0.507 e. The quantitative estimate of drug-likeness (QED) is 0.425. The molecule has 0 atom stereocenters. The van der Waals surface area contributed by atoms with E-state index < -0.39 is 0 Å². The lowest BCUT2D eigenvalue weighted by Crippen LogP contribution is -1.80. The number of benzene rings is 2. The van der Waals surface area contributed by atoms with E-state index in [1.807, 2.05) is 12.1 Å². The minimum atomic E-state index is 0.189. The first-order valence-electron chi connectivity index (χ1n) is 8.71. The van der Waals surface area contributed by atoms with Crippen molar-refractivity contribution in [1.29, 1.82) is 0 Å². The van der Waals surface area contributed by atoms with Crippen molar-refractivity contribution in [3.8, 4) is 11.5 Å². The molecule has 0 saturated heterocycles. The van der Waals surface area contributed by atoms with E-state index in [0.717, 1.165) is 9.75 Å². The summed E-state index contributed by atoms with van der Waals surface area (Å²) in [7, 11) is 0. The average Bonchev–Trinajstić information content (AvgIpc) is 3.36. The van der Waals surface area contributed by atoms with E-state index in [0.29, 0.717) is 27.8 Å². The second-order valence-corrected chi connectivity index (χ2v) is 8.22. The Labute approximate surface area is 175 Å². The molecule has 6 nitrogen and oxygen atoms in total. The molecule has 2 heterocycles. The van der Waals surface area contributed by atoms with Crippen LogP contribution in [0.2, 0.25) is 0 Å². The zero-order valence-electron chi connectivity index (χ0n) is 15.1. The van der Waals surface area contributed by atoms with E-state index in [-0.39, 0.29) is 11.5 Å². The van der Waals surface area contributed by atoms with Gasteiger partial charge >= 0.3 is 0 Å². The van der Waals surface area contributed by atoms with Crippen LogP contribution >= 0.6 is 22.7 Å².